The number of aliphatic hydroxyl groups is 6. The molecule has 2 aromatic carbocycles. The van der Waals surface area contributed by atoms with Gasteiger partial charge in [0.05, 0.1) is 19.8 Å². The van der Waals surface area contributed by atoms with Crippen LogP contribution in [0.1, 0.15) is 17.2 Å². The van der Waals surface area contributed by atoms with E-state index in [0.29, 0.717) is 11.1 Å². The molecule has 4 rings (SSSR count). The molecule has 2 heterocycles. The van der Waals surface area contributed by atoms with E-state index >= 15 is 0 Å². The summed E-state index contributed by atoms with van der Waals surface area (Å²) in [7, 11) is 0. The van der Waals surface area contributed by atoms with E-state index < -0.39 is 86.3 Å². The summed E-state index contributed by atoms with van der Waals surface area (Å²) in [5.41, 5.74) is 0.631. The largest absolute Gasteiger partial charge is 0.508 e. The van der Waals surface area contributed by atoms with Gasteiger partial charge in [-0.25, -0.2) is 4.79 Å². The molecule has 0 amide bonds. The van der Waals surface area contributed by atoms with Gasteiger partial charge in [-0.1, -0.05) is 18.2 Å². The monoisotopic (exact) mass is 610 g/mol. The van der Waals surface area contributed by atoms with Gasteiger partial charge in [0.2, 0.25) is 0 Å². The van der Waals surface area contributed by atoms with Crippen LogP contribution in [0.5, 0.6) is 17.2 Å². The molecule has 9 N–H and O–H groups in total. The lowest BCUT2D eigenvalue weighted by molar-refractivity contribution is -0.323. The van der Waals surface area contributed by atoms with Gasteiger partial charge in [0.1, 0.15) is 48.5 Å². The Bertz CT molecular complexity index is 1250. The Morgan fingerprint density at radius 2 is 1.65 bits per heavy atom. The van der Waals surface area contributed by atoms with Crippen LogP contribution in [0.25, 0.3) is 6.08 Å². The van der Waals surface area contributed by atoms with Crippen molar-refractivity contribution < 1.29 is 74.4 Å². The van der Waals surface area contributed by atoms with E-state index in [1.54, 1.807) is 0 Å². The summed E-state index contributed by atoms with van der Waals surface area (Å²) in [4.78, 5) is 12.6. The number of esters is 1. The van der Waals surface area contributed by atoms with Gasteiger partial charge in [0, 0.05) is 6.08 Å². The van der Waals surface area contributed by atoms with Crippen LogP contribution < -0.4 is 0 Å². The van der Waals surface area contributed by atoms with Gasteiger partial charge in [-0.3, -0.25) is 0 Å². The fourth-order valence-corrected chi connectivity index (χ4v) is 4.43. The maximum absolute atomic E-state index is 12.6. The van der Waals surface area contributed by atoms with E-state index in [2.05, 4.69) is 0 Å². The van der Waals surface area contributed by atoms with E-state index in [1.165, 1.54) is 48.5 Å². The molecule has 0 radical (unpaired) electrons. The molecule has 43 heavy (non-hydrogen) atoms. The third-order valence-corrected chi connectivity index (χ3v) is 6.86. The van der Waals surface area contributed by atoms with Gasteiger partial charge in [-0.05, 0) is 41.5 Å². The van der Waals surface area contributed by atoms with Crippen molar-refractivity contribution in [2.45, 2.75) is 61.4 Å². The summed E-state index contributed by atoms with van der Waals surface area (Å²) in [5, 5.41) is 90.5. The first-order valence-electron chi connectivity index (χ1n) is 13.2. The molecular weight excluding hydrogens is 576 g/mol. The number of aromatic hydroxyl groups is 3. The van der Waals surface area contributed by atoms with Crippen molar-refractivity contribution in [2.75, 3.05) is 19.8 Å². The lowest BCUT2D eigenvalue weighted by Gasteiger charge is -2.42. The van der Waals surface area contributed by atoms with E-state index in [1.807, 2.05) is 0 Å². The highest BCUT2D eigenvalue weighted by Crippen LogP contribution is 2.29. The Kier molecular flexibility index (Phi) is 10.9. The second-order valence-corrected chi connectivity index (χ2v) is 10.0. The second kappa shape index (κ2) is 14.4. The van der Waals surface area contributed by atoms with E-state index in [4.69, 9.17) is 23.7 Å². The average Bonchev–Trinajstić information content (AvgIpc) is 2.98. The van der Waals surface area contributed by atoms with E-state index in [-0.39, 0.29) is 18.1 Å². The van der Waals surface area contributed by atoms with Crippen molar-refractivity contribution in [3.8, 4) is 17.2 Å². The lowest BCUT2D eigenvalue weighted by atomic mass is 9.98. The maximum Gasteiger partial charge on any atom is 0.331 e. The van der Waals surface area contributed by atoms with Gasteiger partial charge >= 0.3 is 5.97 Å². The minimum absolute atomic E-state index is 0.0937. The SMILES string of the molecule is O=C(/C=C/c1ccc(O)c(O)c1)O[C@H]1[C@H](O)[C@@H](O)[C@H](OC[C@@H](O)c2cccc(O)c2)O[C@@H]1CO[C@H]1OC[C@@H](O)[C@H](O)[C@H]1O. The summed E-state index contributed by atoms with van der Waals surface area (Å²) >= 11 is 0. The number of ether oxygens (including phenoxy) is 5. The summed E-state index contributed by atoms with van der Waals surface area (Å²) < 4.78 is 27.3. The first-order chi connectivity index (χ1) is 20.4. The number of aliphatic hydroxyl groups excluding tert-OH is 6. The van der Waals surface area contributed by atoms with Crippen LogP contribution in [-0.2, 0) is 28.5 Å². The molecule has 2 aliphatic heterocycles. The fourth-order valence-electron chi connectivity index (χ4n) is 4.43. The molecule has 2 aliphatic rings. The topological polar surface area (TPSA) is 245 Å². The van der Waals surface area contributed by atoms with Crippen LogP contribution in [0, 0.1) is 0 Å². The van der Waals surface area contributed by atoms with Gasteiger partial charge in [-0.15, -0.1) is 0 Å². The van der Waals surface area contributed by atoms with Gasteiger partial charge < -0.3 is 69.6 Å². The zero-order valence-corrected chi connectivity index (χ0v) is 22.6. The molecule has 236 valence electrons. The second-order valence-electron chi connectivity index (χ2n) is 10.0. The first kappa shape index (κ1) is 32.6. The average molecular weight is 611 g/mol. The smallest absolute Gasteiger partial charge is 0.331 e. The zero-order chi connectivity index (χ0) is 31.3. The quantitative estimate of drug-likeness (QED) is 0.0834. The Morgan fingerprint density at radius 1 is 0.907 bits per heavy atom. The molecule has 2 fully saturated rings. The molecule has 0 aliphatic carbocycles. The Morgan fingerprint density at radius 3 is 2.37 bits per heavy atom. The summed E-state index contributed by atoms with van der Waals surface area (Å²) in [5.74, 6) is -1.87. The molecule has 2 aromatic rings. The summed E-state index contributed by atoms with van der Waals surface area (Å²) in [6.07, 6.45) is -13.1. The summed E-state index contributed by atoms with van der Waals surface area (Å²) in [6, 6.07) is 9.55. The van der Waals surface area contributed by atoms with E-state index in [0.717, 1.165) is 6.08 Å². The van der Waals surface area contributed by atoms with Crippen molar-refractivity contribution >= 4 is 12.0 Å². The summed E-state index contributed by atoms with van der Waals surface area (Å²) in [6.45, 7) is -1.33. The standard InChI is InChI=1S/C28H34O15/c29-15-3-1-2-14(9-15)18(32)10-40-28-25(38)23(36)26(43-21(34)7-5-13-4-6-16(30)17(31)8-13)20(42-28)12-41-27-24(37)22(35)19(33)11-39-27/h1-9,18-20,22-33,35-38H,10-12H2/b7-5+/t18-,19-,20-,22+,23-,24-,25-,26-,27-,28-/m1/s1. The zero-order valence-electron chi connectivity index (χ0n) is 22.6. The highest BCUT2D eigenvalue weighted by Gasteiger charge is 2.48. The Balaban J connectivity index is 1.46. The van der Waals surface area contributed by atoms with Crippen LogP contribution >= 0.6 is 0 Å². The number of phenols is 3. The van der Waals surface area contributed by atoms with Crippen LogP contribution in [-0.4, -0.2) is 127 Å². The molecule has 0 unspecified atom stereocenters. The lowest BCUT2D eigenvalue weighted by Crippen LogP contribution is -2.61. The van der Waals surface area contributed by atoms with Crippen LogP contribution in [0.4, 0.5) is 0 Å². The number of benzene rings is 2. The van der Waals surface area contributed by atoms with Crippen molar-refractivity contribution in [3.63, 3.8) is 0 Å². The maximum atomic E-state index is 12.6. The van der Waals surface area contributed by atoms with Gasteiger partial charge in [0.25, 0.3) is 0 Å². The molecule has 0 aromatic heterocycles. The highest BCUT2D eigenvalue weighted by molar-refractivity contribution is 5.87. The third-order valence-electron chi connectivity index (χ3n) is 6.86. The minimum Gasteiger partial charge on any atom is -0.508 e. The minimum atomic E-state index is -1.80. The van der Waals surface area contributed by atoms with Crippen molar-refractivity contribution in [1.29, 1.82) is 0 Å². The third kappa shape index (κ3) is 8.18. The number of phenolic OH excluding ortho intramolecular Hbond substituents is 3. The van der Waals surface area contributed by atoms with Gasteiger partial charge in [0.15, 0.2) is 30.2 Å². The van der Waals surface area contributed by atoms with Gasteiger partial charge in [-0.2, -0.15) is 0 Å². The van der Waals surface area contributed by atoms with Crippen molar-refractivity contribution in [2.24, 2.45) is 0 Å². The van der Waals surface area contributed by atoms with Crippen LogP contribution in [0.15, 0.2) is 48.5 Å². The predicted molar refractivity (Wildman–Crippen MR) is 142 cm³/mol. The molecule has 2 saturated heterocycles. The number of hydrogen-bond donors (Lipinski definition) is 9. The number of carbonyl (C=O) groups excluding carboxylic acids is 1. The molecule has 15 heteroatoms. The van der Waals surface area contributed by atoms with Crippen LogP contribution in [0.2, 0.25) is 0 Å². The number of carbonyl (C=O) groups is 1. The molecule has 0 spiro atoms. The molecule has 0 bridgehead atoms. The number of hydrogen-bond acceptors (Lipinski definition) is 15. The highest BCUT2D eigenvalue weighted by atomic mass is 16.7. The van der Waals surface area contributed by atoms with Crippen molar-refractivity contribution in [1.82, 2.24) is 0 Å². The molecular formula is C28H34O15. The molecule has 15 nitrogen and oxygen atoms in total. The van der Waals surface area contributed by atoms with E-state index in [9.17, 15) is 50.8 Å². The number of rotatable bonds is 10. The molecule has 0 saturated carbocycles. The Hall–Kier alpha value is -3.35. The van der Waals surface area contributed by atoms with Crippen LogP contribution in [0.3, 0.4) is 0 Å². The van der Waals surface area contributed by atoms with Crippen molar-refractivity contribution in [3.05, 3.63) is 59.7 Å². The first-order valence-corrected chi connectivity index (χ1v) is 13.2. The fraction of sp³-hybridized carbons (Fsp3) is 0.464. The Labute approximate surface area is 245 Å². The normalized spacial score (nSPS) is 32.0. The molecule has 10 atom stereocenters. The predicted octanol–water partition coefficient (Wildman–Crippen LogP) is -1.62.